The average molecular weight is 542 g/mol. The summed E-state index contributed by atoms with van der Waals surface area (Å²) in [6.45, 7) is 1.83. The summed E-state index contributed by atoms with van der Waals surface area (Å²) in [6.07, 6.45) is -4.74. The molecule has 0 bridgehead atoms. The predicted molar refractivity (Wildman–Crippen MR) is 138 cm³/mol. The van der Waals surface area contributed by atoms with E-state index in [0.29, 0.717) is 47.8 Å². The Morgan fingerprint density at radius 3 is 2.21 bits per heavy atom. The summed E-state index contributed by atoms with van der Waals surface area (Å²) in [4.78, 5) is 21.3. The number of nitrogens with zero attached hydrogens (tertiary/aromatic N) is 5. The number of carbonyl (C=O) groups is 1. The van der Waals surface area contributed by atoms with Gasteiger partial charge in [-0.15, -0.1) is 0 Å². The second-order valence-corrected chi connectivity index (χ2v) is 8.84. The van der Waals surface area contributed by atoms with Gasteiger partial charge in [0.05, 0.1) is 32.7 Å². The molecule has 0 N–H and O–H groups in total. The first-order valence-electron chi connectivity index (χ1n) is 12.1. The number of hydrogen-bond acceptors (Lipinski definition) is 7. The lowest BCUT2D eigenvalue weighted by molar-refractivity contribution is -0.142. The summed E-state index contributed by atoms with van der Waals surface area (Å²) in [7, 11) is 4.50. The molecule has 2 aromatic heterocycles. The Hall–Kier alpha value is -4.48. The van der Waals surface area contributed by atoms with Crippen LogP contribution >= 0.6 is 0 Å². The quantitative estimate of drug-likeness (QED) is 0.358. The molecule has 204 valence electrons. The number of carbonyl (C=O) groups excluding carboxylic acids is 1. The van der Waals surface area contributed by atoms with Crippen LogP contribution in [0.25, 0.3) is 16.9 Å². The molecule has 39 heavy (non-hydrogen) atoms. The smallest absolute Gasteiger partial charge is 0.433 e. The van der Waals surface area contributed by atoms with Gasteiger partial charge in [-0.2, -0.15) is 18.3 Å². The van der Waals surface area contributed by atoms with Crippen molar-refractivity contribution in [2.75, 3.05) is 52.4 Å². The van der Waals surface area contributed by atoms with Gasteiger partial charge in [-0.25, -0.2) is 9.50 Å². The molecule has 1 fully saturated rings. The molecule has 2 aromatic carbocycles. The van der Waals surface area contributed by atoms with Crippen LogP contribution in [0.3, 0.4) is 0 Å². The highest BCUT2D eigenvalue weighted by atomic mass is 19.4. The van der Waals surface area contributed by atoms with Crippen molar-refractivity contribution >= 4 is 17.2 Å². The van der Waals surface area contributed by atoms with Gasteiger partial charge >= 0.3 is 6.18 Å². The molecule has 12 heteroatoms. The number of ether oxygens (including phenoxy) is 3. The minimum absolute atomic E-state index is 0.0556. The molecular weight excluding hydrogens is 515 g/mol. The van der Waals surface area contributed by atoms with Gasteiger partial charge in [-0.1, -0.05) is 12.1 Å². The Balaban J connectivity index is 1.44. The van der Waals surface area contributed by atoms with Gasteiger partial charge in [-0.3, -0.25) is 4.79 Å². The number of rotatable bonds is 6. The van der Waals surface area contributed by atoms with E-state index in [9.17, 15) is 18.0 Å². The standard InChI is InChI=1S/C27H26F3N5O4/c1-37-21-7-5-4-6-20(21)33-10-12-34(13-11-33)26(36)19-16-25-31-18(15-24(27(28,29)30)35(25)32-19)17-8-9-22(38-2)23(14-17)39-3/h4-9,14-16H,10-13H2,1-3H3. The fourth-order valence-corrected chi connectivity index (χ4v) is 4.63. The summed E-state index contributed by atoms with van der Waals surface area (Å²) >= 11 is 0. The number of amides is 1. The summed E-state index contributed by atoms with van der Waals surface area (Å²) in [5.74, 6) is 1.05. The summed E-state index contributed by atoms with van der Waals surface area (Å²) in [5, 5.41) is 4.02. The normalized spacial score (nSPS) is 14.0. The van der Waals surface area contributed by atoms with E-state index < -0.39 is 17.8 Å². The molecule has 1 saturated heterocycles. The van der Waals surface area contributed by atoms with Gasteiger partial charge in [0.1, 0.15) is 5.75 Å². The first-order chi connectivity index (χ1) is 18.7. The second-order valence-electron chi connectivity index (χ2n) is 8.84. The Labute approximate surface area is 222 Å². The topological polar surface area (TPSA) is 81.4 Å². The molecule has 0 radical (unpaired) electrons. The molecule has 5 rings (SSSR count). The maximum Gasteiger partial charge on any atom is 0.433 e. The minimum atomic E-state index is -4.74. The number of benzene rings is 2. The highest BCUT2D eigenvalue weighted by Crippen LogP contribution is 2.36. The van der Waals surface area contributed by atoms with Crippen molar-refractivity contribution in [1.82, 2.24) is 19.5 Å². The number of para-hydroxylation sites is 2. The average Bonchev–Trinajstić information content (AvgIpc) is 3.39. The van der Waals surface area contributed by atoms with Crippen molar-refractivity contribution in [3.05, 3.63) is 66.0 Å². The van der Waals surface area contributed by atoms with Gasteiger partial charge in [0.15, 0.2) is 28.5 Å². The van der Waals surface area contributed by atoms with Crippen molar-refractivity contribution in [2.24, 2.45) is 0 Å². The van der Waals surface area contributed by atoms with Crippen LogP contribution in [0.2, 0.25) is 0 Å². The molecule has 1 amide bonds. The lowest BCUT2D eigenvalue weighted by Gasteiger charge is -2.36. The zero-order valence-corrected chi connectivity index (χ0v) is 21.5. The zero-order chi connectivity index (χ0) is 27.7. The third-order valence-corrected chi connectivity index (χ3v) is 6.61. The van der Waals surface area contributed by atoms with Crippen molar-refractivity contribution < 1.29 is 32.2 Å². The van der Waals surface area contributed by atoms with E-state index in [1.54, 1.807) is 30.2 Å². The number of methoxy groups -OCH3 is 3. The first kappa shape index (κ1) is 26.1. The van der Waals surface area contributed by atoms with Gasteiger partial charge < -0.3 is 24.0 Å². The van der Waals surface area contributed by atoms with E-state index in [1.807, 2.05) is 24.3 Å². The Morgan fingerprint density at radius 1 is 0.846 bits per heavy atom. The van der Waals surface area contributed by atoms with Crippen molar-refractivity contribution in [2.45, 2.75) is 6.18 Å². The van der Waals surface area contributed by atoms with Gasteiger partial charge in [0.25, 0.3) is 5.91 Å². The van der Waals surface area contributed by atoms with E-state index in [1.165, 1.54) is 20.3 Å². The van der Waals surface area contributed by atoms with Crippen LogP contribution in [0.1, 0.15) is 16.2 Å². The van der Waals surface area contributed by atoms with E-state index in [2.05, 4.69) is 15.0 Å². The fraction of sp³-hybridized carbons (Fsp3) is 0.296. The van der Waals surface area contributed by atoms with Crippen molar-refractivity contribution in [1.29, 1.82) is 0 Å². The molecule has 3 heterocycles. The van der Waals surface area contributed by atoms with Crippen LogP contribution in [0.4, 0.5) is 18.9 Å². The Bertz CT molecular complexity index is 1510. The fourth-order valence-electron chi connectivity index (χ4n) is 4.63. The SMILES string of the molecule is COc1ccc(-c2cc(C(F)(F)F)n3nc(C(=O)N4CCN(c5ccccc5OC)CC4)cc3n2)cc1OC. The molecule has 4 aromatic rings. The molecule has 0 saturated carbocycles. The third-order valence-electron chi connectivity index (χ3n) is 6.61. The number of alkyl halides is 3. The molecule has 0 aliphatic carbocycles. The van der Waals surface area contributed by atoms with Crippen LogP contribution in [0.5, 0.6) is 17.2 Å². The Morgan fingerprint density at radius 2 is 1.54 bits per heavy atom. The molecule has 1 aliphatic rings. The second kappa shape index (κ2) is 10.4. The maximum atomic E-state index is 14.1. The van der Waals surface area contributed by atoms with Crippen LogP contribution in [0.15, 0.2) is 54.6 Å². The van der Waals surface area contributed by atoms with E-state index in [4.69, 9.17) is 14.2 Å². The first-order valence-corrected chi connectivity index (χ1v) is 12.1. The maximum absolute atomic E-state index is 14.1. The molecule has 9 nitrogen and oxygen atoms in total. The molecule has 1 aliphatic heterocycles. The Kier molecular flexibility index (Phi) is 6.94. The van der Waals surface area contributed by atoms with E-state index >= 15 is 0 Å². The summed E-state index contributed by atoms with van der Waals surface area (Å²) in [6, 6.07) is 14.5. The minimum Gasteiger partial charge on any atom is -0.495 e. The largest absolute Gasteiger partial charge is 0.495 e. The van der Waals surface area contributed by atoms with Crippen molar-refractivity contribution in [3.63, 3.8) is 0 Å². The lowest BCUT2D eigenvalue weighted by Crippen LogP contribution is -2.49. The number of anilines is 1. The van der Waals surface area contributed by atoms with Gasteiger partial charge in [0.2, 0.25) is 0 Å². The van der Waals surface area contributed by atoms with Gasteiger partial charge in [-0.05, 0) is 36.4 Å². The highest BCUT2D eigenvalue weighted by Gasteiger charge is 2.36. The number of halogens is 3. The number of piperazine rings is 1. The van der Waals surface area contributed by atoms with Crippen molar-refractivity contribution in [3.8, 4) is 28.5 Å². The van der Waals surface area contributed by atoms with Crippen LogP contribution < -0.4 is 19.1 Å². The van der Waals surface area contributed by atoms with Crippen LogP contribution in [0, 0.1) is 0 Å². The van der Waals surface area contributed by atoms with Gasteiger partial charge in [0, 0.05) is 37.8 Å². The molecule has 0 atom stereocenters. The summed E-state index contributed by atoms with van der Waals surface area (Å²) in [5.41, 5.74) is 0.120. The lowest BCUT2D eigenvalue weighted by atomic mass is 10.1. The summed E-state index contributed by atoms with van der Waals surface area (Å²) < 4.78 is 58.8. The highest BCUT2D eigenvalue weighted by molar-refractivity contribution is 5.93. The number of hydrogen-bond donors (Lipinski definition) is 0. The van der Waals surface area contributed by atoms with E-state index in [0.717, 1.165) is 17.5 Å². The third kappa shape index (κ3) is 5.01. The predicted octanol–water partition coefficient (Wildman–Crippen LogP) is 4.40. The van der Waals surface area contributed by atoms with E-state index in [-0.39, 0.29) is 17.0 Å². The molecule has 0 unspecified atom stereocenters. The van der Waals surface area contributed by atoms with Crippen LogP contribution in [-0.4, -0.2) is 72.9 Å². The zero-order valence-electron chi connectivity index (χ0n) is 21.5. The monoisotopic (exact) mass is 541 g/mol. The molecular formula is C27H26F3N5O4. The number of fused-ring (bicyclic) bond motifs is 1. The molecule has 0 spiro atoms. The number of aromatic nitrogens is 3. The van der Waals surface area contributed by atoms with Crippen LogP contribution in [-0.2, 0) is 6.18 Å².